The van der Waals surface area contributed by atoms with Crippen molar-refractivity contribution in [2.75, 3.05) is 0 Å². The summed E-state index contributed by atoms with van der Waals surface area (Å²) >= 11 is 0. The van der Waals surface area contributed by atoms with Crippen LogP contribution in [0, 0.1) is 0 Å². The molecule has 3 nitrogen and oxygen atoms in total. The van der Waals surface area contributed by atoms with E-state index in [0.717, 1.165) is 19.1 Å². The maximum atomic E-state index is 9.65. The van der Waals surface area contributed by atoms with Gasteiger partial charge in [0.15, 0.2) is 0 Å². The van der Waals surface area contributed by atoms with Gasteiger partial charge in [0.05, 0.1) is 12.4 Å². The van der Waals surface area contributed by atoms with Gasteiger partial charge in [0.2, 0.25) is 0 Å². The van der Waals surface area contributed by atoms with Crippen molar-refractivity contribution in [3.63, 3.8) is 0 Å². The highest BCUT2D eigenvalue weighted by Crippen LogP contribution is 2.14. The Bertz CT molecular complexity index is 278. The summed E-state index contributed by atoms with van der Waals surface area (Å²) in [5.74, 6) is 0. The number of hydrogen-bond acceptors (Lipinski definition) is 3. The van der Waals surface area contributed by atoms with E-state index in [1.165, 1.54) is 96.0 Å². The van der Waals surface area contributed by atoms with Crippen LogP contribution in [0.1, 0.15) is 116 Å². The Hall–Kier alpha value is -0.540. The molecule has 0 fully saturated rings. The summed E-state index contributed by atoms with van der Waals surface area (Å²) in [6.07, 6.45) is 22.2. The van der Waals surface area contributed by atoms with Crippen molar-refractivity contribution in [1.82, 2.24) is 0 Å². The summed E-state index contributed by atoms with van der Waals surface area (Å²) in [6.45, 7) is 2.27. The molecule has 25 heavy (non-hydrogen) atoms. The van der Waals surface area contributed by atoms with E-state index in [4.69, 9.17) is 5.11 Å². The molecule has 0 spiro atoms. The zero-order chi connectivity index (χ0) is 18.6. The van der Waals surface area contributed by atoms with Gasteiger partial charge in [-0.1, -0.05) is 110 Å². The van der Waals surface area contributed by atoms with Crippen molar-refractivity contribution in [3.8, 4) is 0 Å². The number of aliphatic hydroxyl groups is 3. The molecule has 0 saturated heterocycles. The predicted octanol–water partition coefficient (Wildman–Crippen LogP) is 6.43. The van der Waals surface area contributed by atoms with Crippen LogP contribution in [0.4, 0.5) is 0 Å². The second-order valence-corrected chi connectivity index (χ2v) is 7.49. The number of hydrogen-bond donors (Lipinski definition) is 3. The van der Waals surface area contributed by atoms with E-state index in [0.29, 0.717) is 6.42 Å². The lowest BCUT2D eigenvalue weighted by molar-refractivity contribution is 0.0404. The van der Waals surface area contributed by atoms with Gasteiger partial charge in [-0.05, 0) is 12.5 Å². The van der Waals surface area contributed by atoms with Gasteiger partial charge >= 0.3 is 0 Å². The minimum Gasteiger partial charge on any atom is -0.516 e. The smallest absolute Gasteiger partial charge is 0.101 e. The van der Waals surface area contributed by atoms with E-state index in [2.05, 4.69) is 6.92 Å². The maximum absolute atomic E-state index is 9.65. The van der Waals surface area contributed by atoms with E-state index in [1.54, 1.807) is 0 Å². The van der Waals surface area contributed by atoms with Crippen LogP contribution in [0.3, 0.4) is 0 Å². The van der Waals surface area contributed by atoms with E-state index in [1.807, 2.05) is 0 Å². The van der Waals surface area contributed by atoms with Crippen LogP contribution in [0.5, 0.6) is 0 Å². The molecule has 0 radical (unpaired) electrons. The van der Waals surface area contributed by atoms with Crippen LogP contribution in [0.15, 0.2) is 12.3 Å². The molecule has 0 aromatic rings. The molecule has 0 saturated carbocycles. The Balaban J connectivity index is 3.14. The fourth-order valence-corrected chi connectivity index (χ4v) is 3.29. The molecule has 0 aromatic carbocycles. The third-order valence-corrected chi connectivity index (χ3v) is 5.03. The third kappa shape index (κ3) is 18.1. The maximum Gasteiger partial charge on any atom is 0.101 e. The molecular formula is C22H44O3. The highest BCUT2D eigenvalue weighted by Gasteiger charge is 2.12. The monoisotopic (exact) mass is 356 g/mol. The van der Waals surface area contributed by atoms with Crippen LogP contribution in [-0.4, -0.2) is 27.5 Å². The lowest BCUT2D eigenvalue weighted by Gasteiger charge is -2.13. The first-order chi connectivity index (χ1) is 12.2. The lowest BCUT2D eigenvalue weighted by Crippen LogP contribution is -2.23. The number of aliphatic hydroxyl groups excluding tert-OH is 3. The first-order valence-corrected chi connectivity index (χ1v) is 10.9. The normalized spacial score (nSPS) is 14.2. The number of unbranched alkanes of at least 4 members (excludes halogenated alkanes) is 15. The van der Waals surface area contributed by atoms with Crippen LogP contribution in [-0.2, 0) is 0 Å². The summed E-state index contributed by atoms with van der Waals surface area (Å²) in [5.41, 5.74) is 0. The summed E-state index contributed by atoms with van der Waals surface area (Å²) in [6, 6.07) is 0. The molecule has 3 heteroatoms. The molecule has 0 heterocycles. The van der Waals surface area contributed by atoms with Crippen molar-refractivity contribution in [3.05, 3.63) is 12.3 Å². The molecule has 2 atom stereocenters. The van der Waals surface area contributed by atoms with Crippen LogP contribution in [0.2, 0.25) is 0 Å². The van der Waals surface area contributed by atoms with E-state index in [9.17, 15) is 10.2 Å². The Morgan fingerprint density at radius 2 is 0.960 bits per heavy atom. The van der Waals surface area contributed by atoms with Crippen LogP contribution >= 0.6 is 0 Å². The fourth-order valence-electron chi connectivity index (χ4n) is 3.29. The third-order valence-electron chi connectivity index (χ3n) is 5.03. The fraction of sp³-hybridized carbons (Fsp3) is 0.909. The van der Waals surface area contributed by atoms with Gasteiger partial charge < -0.3 is 15.3 Å². The molecule has 3 N–H and O–H groups in total. The summed E-state index contributed by atoms with van der Waals surface area (Å²) in [7, 11) is 0. The average molecular weight is 357 g/mol. The Morgan fingerprint density at radius 1 is 0.600 bits per heavy atom. The van der Waals surface area contributed by atoms with Gasteiger partial charge in [0, 0.05) is 0 Å². The Morgan fingerprint density at radius 3 is 1.32 bits per heavy atom. The first kappa shape index (κ1) is 24.5. The van der Waals surface area contributed by atoms with E-state index < -0.39 is 12.2 Å². The van der Waals surface area contributed by atoms with Crippen LogP contribution < -0.4 is 0 Å². The van der Waals surface area contributed by atoms with E-state index >= 15 is 0 Å². The summed E-state index contributed by atoms with van der Waals surface area (Å²) in [4.78, 5) is 0. The van der Waals surface area contributed by atoms with Crippen molar-refractivity contribution >= 4 is 0 Å². The lowest BCUT2D eigenvalue weighted by atomic mass is 10.0. The molecule has 0 rings (SSSR count). The van der Waals surface area contributed by atoms with Gasteiger partial charge in [-0.15, -0.1) is 0 Å². The second-order valence-electron chi connectivity index (χ2n) is 7.49. The highest BCUT2D eigenvalue weighted by atomic mass is 16.3. The molecular weight excluding hydrogens is 312 g/mol. The minimum absolute atomic E-state index is 0.601. The van der Waals surface area contributed by atoms with Gasteiger partial charge in [-0.25, -0.2) is 0 Å². The van der Waals surface area contributed by atoms with Crippen LogP contribution in [0.25, 0.3) is 0 Å². The van der Waals surface area contributed by atoms with Gasteiger partial charge in [-0.3, -0.25) is 0 Å². The minimum atomic E-state index is -0.943. The topological polar surface area (TPSA) is 60.7 Å². The predicted molar refractivity (Wildman–Crippen MR) is 108 cm³/mol. The summed E-state index contributed by atoms with van der Waals surface area (Å²) in [5, 5.41) is 27.6. The average Bonchev–Trinajstić information content (AvgIpc) is 2.61. The molecule has 0 aliphatic carbocycles. The zero-order valence-corrected chi connectivity index (χ0v) is 16.7. The van der Waals surface area contributed by atoms with Crippen molar-refractivity contribution < 1.29 is 15.3 Å². The molecule has 0 aliphatic rings. The van der Waals surface area contributed by atoms with Gasteiger partial charge in [0.25, 0.3) is 0 Å². The van der Waals surface area contributed by atoms with Gasteiger partial charge in [-0.2, -0.15) is 0 Å². The molecule has 0 bridgehead atoms. The standard InChI is InChI=1S/C22H44O3/c1-2-3-4-5-6-7-8-9-10-11-12-13-14-15-16-17-18-21(24)22(25)19-20-23/h19-25H,2-18H2,1H3. The quantitative estimate of drug-likeness (QED) is 0.184. The molecule has 0 amide bonds. The highest BCUT2D eigenvalue weighted by molar-refractivity contribution is 4.86. The van der Waals surface area contributed by atoms with Gasteiger partial charge in [0.1, 0.15) is 6.10 Å². The molecule has 2 unspecified atom stereocenters. The largest absolute Gasteiger partial charge is 0.516 e. The molecule has 0 aliphatic heterocycles. The zero-order valence-electron chi connectivity index (χ0n) is 16.7. The summed E-state index contributed by atoms with van der Waals surface area (Å²) < 4.78 is 0. The second kappa shape index (κ2) is 19.8. The Labute approximate surface area is 156 Å². The number of rotatable bonds is 19. The van der Waals surface area contributed by atoms with Crippen molar-refractivity contribution in [1.29, 1.82) is 0 Å². The molecule has 0 aromatic heterocycles. The Kier molecular flexibility index (Phi) is 19.4. The van der Waals surface area contributed by atoms with Crippen molar-refractivity contribution in [2.45, 2.75) is 128 Å². The SMILES string of the molecule is CCCCCCCCCCCCCCCCCCC(O)C(O)C=CO. The van der Waals surface area contributed by atoms with Crippen molar-refractivity contribution in [2.24, 2.45) is 0 Å². The first-order valence-electron chi connectivity index (χ1n) is 10.9. The van der Waals surface area contributed by atoms with E-state index in [-0.39, 0.29) is 0 Å². The molecule has 150 valence electrons.